The summed E-state index contributed by atoms with van der Waals surface area (Å²) in [5, 5.41) is 4.75. The monoisotopic (exact) mass is 392 g/mol. The van der Waals surface area contributed by atoms with Crippen LogP contribution in [0.4, 0.5) is 0 Å². The number of hydrogen-bond acceptors (Lipinski definition) is 3. The summed E-state index contributed by atoms with van der Waals surface area (Å²) in [5.74, 6) is 0.500. The normalized spacial score (nSPS) is 10.8. The van der Waals surface area contributed by atoms with Crippen molar-refractivity contribution in [3.8, 4) is 5.75 Å². The van der Waals surface area contributed by atoms with Gasteiger partial charge < -0.3 is 4.74 Å². The molecule has 0 fully saturated rings. The summed E-state index contributed by atoms with van der Waals surface area (Å²) < 4.78 is 5.77. The summed E-state index contributed by atoms with van der Waals surface area (Å²) in [6.07, 6.45) is 1.64. The Balaban J connectivity index is 1.55. The van der Waals surface area contributed by atoms with E-state index >= 15 is 0 Å². The number of aryl methyl sites for hydroxylation is 2. The van der Waals surface area contributed by atoms with Gasteiger partial charge in [-0.25, -0.2) is 5.43 Å². The van der Waals surface area contributed by atoms with Crippen LogP contribution in [-0.2, 0) is 6.61 Å². The summed E-state index contributed by atoms with van der Waals surface area (Å²) in [6.45, 7) is 4.34. The highest BCUT2D eigenvalue weighted by Gasteiger charge is 2.05. The highest BCUT2D eigenvalue weighted by atomic mass is 35.5. The molecule has 28 heavy (non-hydrogen) atoms. The number of amides is 1. The van der Waals surface area contributed by atoms with Crippen molar-refractivity contribution in [2.75, 3.05) is 0 Å². The lowest BCUT2D eigenvalue weighted by Gasteiger charge is -2.08. The van der Waals surface area contributed by atoms with E-state index in [0.717, 1.165) is 28.0 Å². The lowest BCUT2D eigenvalue weighted by Crippen LogP contribution is -2.17. The number of benzene rings is 3. The number of hydrogen-bond donors (Lipinski definition) is 1. The van der Waals surface area contributed by atoms with E-state index in [9.17, 15) is 4.79 Å². The van der Waals surface area contributed by atoms with E-state index in [2.05, 4.69) is 10.5 Å². The molecule has 0 bridgehead atoms. The van der Waals surface area contributed by atoms with Crippen LogP contribution in [0.1, 0.15) is 32.6 Å². The fourth-order valence-corrected chi connectivity index (χ4v) is 2.70. The topological polar surface area (TPSA) is 50.7 Å². The zero-order valence-corrected chi connectivity index (χ0v) is 16.5. The van der Waals surface area contributed by atoms with Gasteiger partial charge in [-0.2, -0.15) is 5.10 Å². The summed E-state index contributed by atoms with van der Waals surface area (Å²) >= 11 is 6.02. The number of carbonyl (C=O) groups is 1. The smallest absolute Gasteiger partial charge is 0.271 e. The molecule has 1 N–H and O–H groups in total. The second-order valence-electron chi connectivity index (χ2n) is 6.45. The number of nitrogens with zero attached hydrogens (tertiary/aromatic N) is 1. The third kappa shape index (κ3) is 5.21. The molecule has 3 aromatic carbocycles. The van der Waals surface area contributed by atoms with Crippen LogP contribution in [-0.4, -0.2) is 12.1 Å². The number of carbonyl (C=O) groups excluding carboxylic acids is 1. The molecule has 5 heteroatoms. The molecule has 0 saturated heterocycles. The lowest BCUT2D eigenvalue weighted by atomic mass is 10.1. The molecule has 0 saturated carbocycles. The molecule has 0 heterocycles. The van der Waals surface area contributed by atoms with Gasteiger partial charge in [0.05, 0.1) is 6.21 Å². The van der Waals surface area contributed by atoms with Crippen LogP contribution >= 0.6 is 11.6 Å². The van der Waals surface area contributed by atoms with Crippen LogP contribution in [0.3, 0.4) is 0 Å². The Hall–Kier alpha value is -3.11. The van der Waals surface area contributed by atoms with Crippen molar-refractivity contribution >= 4 is 23.7 Å². The second kappa shape index (κ2) is 9.20. The van der Waals surface area contributed by atoms with Crippen LogP contribution in [0, 0.1) is 13.8 Å². The van der Waals surface area contributed by atoms with Gasteiger partial charge in [-0.1, -0.05) is 48.0 Å². The summed E-state index contributed by atoms with van der Waals surface area (Å²) in [4.78, 5) is 12.2. The van der Waals surface area contributed by atoms with Gasteiger partial charge in [0.25, 0.3) is 5.91 Å². The Morgan fingerprint density at radius 1 is 1.04 bits per heavy atom. The number of rotatable bonds is 6. The van der Waals surface area contributed by atoms with Crippen LogP contribution in [0.15, 0.2) is 71.8 Å². The first kappa shape index (κ1) is 19.6. The van der Waals surface area contributed by atoms with E-state index in [4.69, 9.17) is 16.3 Å². The van der Waals surface area contributed by atoms with Gasteiger partial charge in [0.2, 0.25) is 0 Å². The van der Waals surface area contributed by atoms with Crippen molar-refractivity contribution in [3.05, 3.63) is 99.6 Å². The molecule has 0 atom stereocenters. The maximum absolute atomic E-state index is 12.2. The molecular formula is C23H21ClN2O2. The molecule has 0 radical (unpaired) electrons. The summed E-state index contributed by atoms with van der Waals surface area (Å²) in [5.41, 5.74) is 7.08. The average Bonchev–Trinajstić information content (AvgIpc) is 2.70. The molecule has 3 rings (SSSR count). The Bertz CT molecular complexity index is 998. The van der Waals surface area contributed by atoms with E-state index in [0.29, 0.717) is 17.2 Å². The SMILES string of the molecule is Cc1cc(OCc2ccc(C(=O)N/N=C\c3ccccc3C)cc2)ccc1Cl. The van der Waals surface area contributed by atoms with Crippen LogP contribution in [0.5, 0.6) is 5.75 Å². The van der Waals surface area contributed by atoms with E-state index in [1.54, 1.807) is 18.3 Å². The van der Waals surface area contributed by atoms with Gasteiger partial charge in [-0.3, -0.25) is 4.79 Å². The summed E-state index contributed by atoms with van der Waals surface area (Å²) in [6, 6.07) is 20.6. The maximum atomic E-state index is 12.2. The fourth-order valence-electron chi connectivity index (χ4n) is 2.58. The lowest BCUT2D eigenvalue weighted by molar-refractivity contribution is 0.0955. The van der Waals surface area contributed by atoms with Crippen molar-refractivity contribution in [3.63, 3.8) is 0 Å². The molecule has 3 aromatic rings. The van der Waals surface area contributed by atoms with Crippen molar-refractivity contribution in [2.45, 2.75) is 20.5 Å². The Labute approximate surface area is 169 Å². The van der Waals surface area contributed by atoms with Crippen LogP contribution in [0.25, 0.3) is 0 Å². The van der Waals surface area contributed by atoms with Gasteiger partial charge in [0.1, 0.15) is 12.4 Å². The van der Waals surface area contributed by atoms with E-state index in [1.165, 1.54) is 0 Å². The predicted molar refractivity (Wildman–Crippen MR) is 113 cm³/mol. The standard InChI is InChI=1S/C23H21ClN2O2/c1-16-5-3-4-6-20(16)14-25-26-23(27)19-9-7-18(8-10-19)15-28-21-11-12-22(24)17(2)13-21/h3-14H,15H2,1-2H3,(H,26,27)/b25-14-. The molecule has 142 valence electrons. The largest absolute Gasteiger partial charge is 0.489 e. The molecule has 0 aromatic heterocycles. The minimum absolute atomic E-state index is 0.259. The highest BCUT2D eigenvalue weighted by Crippen LogP contribution is 2.21. The van der Waals surface area contributed by atoms with Crippen molar-refractivity contribution in [1.82, 2.24) is 5.43 Å². The summed E-state index contributed by atoms with van der Waals surface area (Å²) in [7, 11) is 0. The fraction of sp³-hybridized carbons (Fsp3) is 0.130. The highest BCUT2D eigenvalue weighted by molar-refractivity contribution is 6.31. The van der Waals surface area contributed by atoms with Gasteiger partial charge in [0.15, 0.2) is 0 Å². The second-order valence-corrected chi connectivity index (χ2v) is 6.86. The molecule has 0 aliphatic carbocycles. The minimum atomic E-state index is -0.259. The first-order valence-electron chi connectivity index (χ1n) is 8.90. The Kier molecular flexibility index (Phi) is 6.45. The zero-order valence-electron chi connectivity index (χ0n) is 15.8. The third-order valence-corrected chi connectivity index (χ3v) is 4.73. The first-order valence-corrected chi connectivity index (χ1v) is 9.27. The molecule has 0 aliphatic heterocycles. The molecule has 4 nitrogen and oxygen atoms in total. The molecule has 0 unspecified atom stereocenters. The van der Waals surface area contributed by atoms with Crippen LogP contribution < -0.4 is 10.2 Å². The van der Waals surface area contributed by atoms with Gasteiger partial charge in [-0.15, -0.1) is 0 Å². The first-order chi connectivity index (χ1) is 13.5. The zero-order chi connectivity index (χ0) is 19.9. The van der Waals surface area contributed by atoms with Gasteiger partial charge in [-0.05, 0) is 66.4 Å². The quantitative estimate of drug-likeness (QED) is 0.457. The van der Waals surface area contributed by atoms with Gasteiger partial charge in [0, 0.05) is 10.6 Å². The van der Waals surface area contributed by atoms with Crippen LogP contribution in [0.2, 0.25) is 5.02 Å². The molecular weight excluding hydrogens is 372 g/mol. The Morgan fingerprint density at radius 3 is 2.50 bits per heavy atom. The number of halogens is 1. The third-order valence-electron chi connectivity index (χ3n) is 4.31. The predicted octanol–water partition coefficient (Wildman–Crippen LogP) is 5.30. The number of hydrazone groups is 1. The average molecular weight is 393 g/mol. The van der Waals surface area contributed by atoms with Crippen molar-refractivity contribution < 1.29 is 9.53 Å². The van der Waals surface area contributed by atoms with E-state index in [-0.39, 0.29) is 5.91 Å². The molecule has 0 spiro atoms. The Morgan fingerprint density at radius 2 is 1.79 bits per heavy atom. The van der Waals surface area contributed by atoms with Crippen molar-refractivity contribution in [1.29, 1.82) is 0 Å². The molecule has 0 aliphatic rings. The number of ether oxygens (including phenoxy) is 1. The van der Waals surface area contributed by atoms with Gasteiger partial charge >= 0.3 is 0 Å². The van der Waals surface area contributed by atoms with E-state index < -0.39 is 0 Å². The van der Waals surface area contributed by atoms with Crippen molar-refractivity contribution in [2.24, 2.45) is 5.10 Å². The minimum Gasteiger partial charge on any atom is -0.489 e. The maximum Gasteiger partial charge on any atom is 0.271 e. The molecule has 1 amide bonds. The van der Waals surface area contributed by atoms with E-state index in [1.807, 2.05) is 68.4 Å². The number of nitrogens with one attached hydrogen (secondary N) is 1.